The maximum Gasteiger partial charge on any atom is 0.226 e. The molecule has 0 bridgehead atoms. The number of aromatic nitrogens is 2. The number of nitrogens with zero attached hydrogens (tertiary/aromatic N) is 2. The van der Waals surface area contributed by atoms with Crippen LogP contribution in [-0.2, 0) is 11.3 Å². The van der Waals surface area contributed by atoms with Crippen molar-refractivity contribution in [3.05, 3.63) is 47.3 Å². The Balaban J connectivity index is 1.92. The number of rotatable bonds is 4. The lowest BCUT2D eigenvalue weighted by Crippen LogP contribution is -2.15. The number of carbonyl (C=O) groups is 1. The zero-order chi connectivity index (χ0) is 14.7. The molecule has 0 saturated carbocycles. The van der Waals surface area contributed by atoms with Crippen molar-refractivity contribution in [3.8, 4) is 0 Å². The summed E-state index contributed by atoms with van der Waals surface area (Å²) in [6, 6.07) is 4.68. The highest BCUT2D eigenvalue weighted by atomic mass is 19.1. The second-order valence-electron chi connectivity index (χ2n) is 4.87. The summed E-state index contributed by atoms with van der Waals surface area (Å²) in [5, 5.41) is 2.69. The van der Waals surface area contributed by atoms with Gasteiger partial charge in [-0.1, -0.05) is 6.07 Å². The fraction of sp³-hybridized carbons (Fsp3) is 0.333. The number of hydrogen-bond acceptors (Lipinski definition) is 2. The van der Waals surface area contributed by atoms with Crippen LogP contribution in [0.5, 0.6) is 0 Å². The van der Waals surface area contributed by atoms with Gasteiger partial charge in [0.15, 0.2) is 0 Å². The molecule has 106 valence electrons. The van der Waals surface area contributed by atoms with Crippen LogP contribution < -0.4 is 5.32 Å². The highest BCUT2D eigenvalue weighted by Gasteiger charge is 2.07. The van der Waals surface area contributed by atoms with Crippen molar-refractivity contribution in [1.82, 2.24) is 9.55 Å². The third-order valence-electron chi connectivity index (χ3n) is 3.38. The van der Waals surface area contributed by atoms with Crippen LogP contribution in [0.2, 0.25) is 0 Å². The normalized spacial score (nSPS) is 10.6. The molecular formula is C15H18FN3O. The van der Waals surface area contributed by atoms with E-state index in [2.05, 4.69) is 10.3 Å². The van der Waals surface area contributed by atoms with Crippen LogP contribution in [-0.4, -0.2) is 15.5 Å². The van der Waals surface area contributed by atoms with Gasteiger partial charge in [-0.15, -0.1) is 0 Å². The summed E-state index contributed by atoms with van der Waals surface area (Å²) in [6.45, 7) is 6.15. The average molecular weight is 275 g/mol. The van der Waals surface area contributed by atoms with Crippen molar-refractivity contribution >= 4 is 11.6 Å². The second kappa shape index (κ2) is 5.86. The Kier molecular flexibility index (Phi) is 4.17. The average Bonchev–Trinajstić information content (AvgIpc) is 2.72. The van der Waals surface area contributed by atoms with Crippen LogP contribution >= 0.6 is 0 Å². The van der Waals surface area contributed by atoms with Crippen molar-refractivity contribution in [2.75, 3.05) is 5.32 Å². The third kappa shape index (κ3) is 3.23. The summed E-state index contributed by atoms with van der Waals surface area (Å²) in [5.41, 5.74) is 3.06. The van der Waals surface area contributed by atoms with Gasteiger partial charge in [-0.2, -0.15) is 0 Å². The molecule has 0 atom stereocenters. The van der Waals surface area contributed by atoms with Gasteiger partial charge in [0.25, 0.3) is 0 Å². The molecule has 1 N–H and O–H groups in total. The first-order chi connectivity index (χ1) is 9.47. The van der Waals surface area contributed by atoms with Gasteiger partial charge in [0.2, 0.25) is 5.91 Å². The van der Waals surface area contributed by atoms with Crippen molar-refractivity contribution in [2.45, 2.75) is 33.7 Å². The molecule has 0 aliphatic rings. The molecule has 2 aromatic rings. The summed E-state index contributed by atoms with van der Waals surface area (Å²) >= 11 is 0. The Labute approximate surface area is 117 Å². The Morgan fingerprint density at radius 3 is 2.70 bits per heavy atom. The first-order valence-electron chi connectivity index (χ1n) is 6.51. The van der Waals surface area contributed by atoms with Gasteiger partial charge in [0.1, 0.15) is 5.82 Å². The second-order valence-corrected chi connectivity index (χ2v) is 4.87. The largest absolute Gasteiger partial charge is 0.334 e. The van der Waals surface area contributed by atoms with Crippen LogP contribution in [0.4, 0.5) is 10.1 Å². The fourth-order valence-electron chi connectivity index (χ4n) is 1.89. The van der Waals surface area contributed by atoms with Crippen LogP contribution in [0.3, 0.4) is 0 Å². The number of amides is 1. The number of hydrogen-bond donors (Lipinski definition) is 1. The van der Waals surface area contributed by atoms with E-state index in [0.29, 0.717) is 24.2 Å². The summed E-state index contributed by atoms with van der Waals surface area (Å²) in [5.74, 6) is -0.456. The van der Waals surface area contributed by atoms with Crippen molar-refractivity contribution < 1.29 is 9.18 Å². The van der Waals surface area contributed by atoms with Gasteiger partial charge in [0, 0.05) is 24.3 Å². The number of benzene rings is 1. The van der Waals surface area contributed by atoms with Crippen LogP contribution in [0.1, 0.15) is 23.4 Å². The van der Waals surface area contributed by atoms with E-state index in [4.69, 9.17) is 0 Å². The van der Waals surface area contributed by atoms with E-state index in [1.807, 2.05) is 18.4 Å². The molecule has 1 aromatic heterocycles. The SMILES string of the molecule is Cc1ccc(NC(=O)CCn2cnc(C)c2C)cc1F. The molecule has 0 saturated heterocycles. The lowest BCUT2D eigenvalue weighted by Gasteiger charge is -2.08. The van der Waals surface area contributed by atoms with E-state index < -0.39 is 0 Å². The number of carbonyl (C=O) groups excluding carboxylic acids is 1. The lowest BCUT2D eigenvalue weighted by atomic mass is 10.2. The molecule has 5 heteroatoms. The Bertz CT molecular complexity index is 634. The summed E-state index contributed by atoms with van der Waals surface area (Å²) in [6.07, 6.45) is 2.05. The number of anilines is 1. The maximum absolute atomic E-state index is 13.4. The molecule has 1 amide bonds. The maximum atomic E-state index is 13.4. The molecule has 0 aliphatic heterocycles. The molecule has 4 nitrogen and oxygen atoms in total. The quantitative estimate of drug-likeness (QED) is 0.932. The fourth-order valence-corrected chi connectivity index (χ4v) is 1.89. The van der Waals surface area contributed by atoms with Gasteiger partial charge in [-0.3, -0.25) is 4.79 Å². The Morgan fingerprint density at radius 2 is 2.10 bits per heavy atom. The van der Waals surface area contributed by atoms with E-state index >= 15 is 0 Å². The van der Waals surface area contributed by atoms with Crippen molar-refractivity contribution in [1.29, 1.82) is 0 Å². The molecule has 0 radical (unpaired) electrons. The number of nitrogens with one attached hydrogen (secondary N) is 1. The van der Waals surface area contributed by atoms with E-state index in [1.165, 1.54) is 6.07 Å². The zero-order valence-corrected chi connectivity index (χ0v) is 11.9. The number of imidazole rings is 1. The summed E-state index contributed by atoms with van der Waals surface area (Å²) < 4.78 is 15.3. The number of aryl methyl sites for hydroxylation is 3. The van der Waals surface area contributed by atoms with Crippen LogP contribution in [0.25, 0.3) is 0 Å². The standard InChI is InChI=1S/C15H18FN3O/c1-10-4-5-13(8-14(10)16)18-15(20)6-7-19-9-17-11(2)12(19)3/h4-5,8-9H,6-7H2,1-3H3,(H,18,20). The Morgan fingerprint density at radius 1 is 1.35 bits per heavy atom. The third-order valence-corrected chi connectivity index (χ3v) is 3.38. The summed E-state index contributed by atoms with van der Waals surface area (Å²) in [7, 11) is 0. The molecule has 1 heterocycles. The minimum Gasteiger partial charge on any atom is -0.334 e. The molecule has 0 fully saturated rings. The molecule has 0 aliphatic carbocycles. The van der Waals surface area contributed by atoms with Gasteiger partial charge in [0.05, 0.1) is 12.0 Å². The molecule has 1 aromatic carbocycles. The van der Waals surface area contributed by atoms with Crippen LogP contribution in [0, 0.1) is 26.6 Å². The highest BCUT2D eigenvalue weighted by molar-refractivity contribution is 5.90. The molecule has 2 rings (SSSR count). The van der Waals surface area contributed by atoms with E-state index in [9.17, 15) is 9.18 Å². The molecule has 20 heavy (non-hydrogen) atoms. The van der Waals surface area contributed by atoms with Gasteiger partial charge >= 0.3 is 0 Å². The molecular weight excluding hydrogens is 257 g/mol. The van der Waals surface area contributed by atoms with Crippen molar-refractivity contribution in [2.24, 2.45) is 0 Å². The van der Waals surface area contributed by atoms with Gasteiger partial charge in [-0.25, -0.2) is 9.37 Å². The van der Waals surface area contributed by atoms with Gasteiger partial charge < -0.3 is 9.88 Å². The first-order valence-corrected chi connectivity index (χ1v) is 6.51. The molecule has 0 unspecified atom stereocenters. The Hall–Kier alpha value is -2.17. The van der Waals surface area contributed by atoms with E-state index in [-0.39, 0.29) is 11.7 Å². The monoisotopic (exact) mass is 275 g/mol. The smallest absolute Gasteiger partial charge is 0.226 e. The van der Waals surface area contributed by atoms with Crippen LogP contribution in [0.15, 0.2) is 24.5 Å². The van der Waals surface area contributed by atoms with Gasteiger partial charge in [-0.05, 0) is 38.5 Å². The topological polar surface area (TPSA) is 46.9 Å². The van der Waals surface area contributed by atoms with E-state index in [1.54, 1.807) is 25.4 Å². The predicted molar refractivity (Wildman–Crippen MR) is 76.1 cm³/mol. The van der Waals surface area contributed by atoms with E-state index in [0.717, 1.165) is 11.4 Å². The predicted octanol–water partition coefficient (Wildman–Crippen LogP) is 2.98. The first kappa shape index (κ1) is 14.2. The lowest BCUT2D eigenvalue weighted by molar-refractivity contribution is -0.116. The summed E-state index contributed by atoms with van der Waals surface area (Å²) in [4.78, 5) is 16.0. The van der Waals surface area contributed by atoms with Crippen molar-refractivity contribution in [3.63, 3.8) is 0 Å². The highest BCUT2D eigenvalue weighted by Crippen LogP contribution is 2.14. The minimum atomic E-state index is -0.316. The molecule has 0 spiro atoms. The number of halogens is 1. The minimum absolute atomic E-state index is 0.140. The zero-order valence-electron chi connectivity index (χ0n) is 11.9.